The van der Waals surface area contributed by atoms with Crippen molar-refractivity contribution >= 4 is 17.3 Å². The molecule has 0 spiro atoms. The van der Waals surface area contributed by atoms with Gasteiger partial charge in [0.15, 0.2) is 11.7 Å². The lowest BCUT2D eigenvalue weighted by Crippen LogP contribution is -2.39. The van der Waals surface area contributed by atoms with Crippen molar-refractivity contribution < 1.29 is 13.2 Å². The highest BCUT2D eigenvalue weighted by Crippen LogP contribution is 2.30. The van der Waals surface area contributed by atoms with Gasteiger partial charge >= 0.3 is 6.18 Å². The minimum absolute atomic E-state index is 0.441. The molecule has 0 atom stereocenters. The van der Waals surface area contributed by atoms with Gasteiger partial charge in [-0.15, -0.1) is 11.3 Å². The van der Waals surface area contributed by atoms with Gasteiger partial charge in [-0.05, 0) is 45.3 Å². The zero-order valence-electron chi connectivity index (χ0n) is 14.7. The number of guanidine groups is 1. The summed E-state index contributed by atoms with van der Waals surface area (Å²) in [6, 6.07) is 0. The van der Waals surface area contributed by atoms with Gasteiger partial charge in [-0.2, -0.15) is 13.2 Å². The molecule has 0 unspecified atom stereocenters. The summed E-state index contributed by atoms with van der Waals surface area (Å²) < 4.78 is 37.6. The summed E-state index contributed by atoms with van der Waals surface area (Å²) in [6.45, 7) is 3.67. The van der Waals surface area contributed by atoms with Crippen LogP contribution < -0.4 is 10.6 Å². The number of piperidine rings is 1. The van der Waals surface area contributed by atoms with Gasteiger partial charge in [0, 0.05) is 31.9 Å². The monoisotopic (exact) mass is 377 g/mol. The number of thiazole rings is 1. The Morgan fingerprint density at radius 3 is 2.60 bits per heavy atom. The maximum atomic E-state index is 12.5. The molecular formula is C16H26F3N5S. The van der Waals surface area contributed by atoms with Crippen molar-refractivity contribution in [1.82, 2.24) is 20.5 Å². The van der Waals surface area contributed by atoms with Gasteiger partial charge in [-0.3, -0.25) is 4.99 Å². The maximum Gasteiger partial charge on any atom is 0.434 e. The highest BCUT2D eigenvalue weighted by Gasteiger charge is 2.33. The Balaban J connectivity index is 1.64. The highest BCUT2D eigenvalue weighted by molar-refractivity contribution is 7.09. The Kier molecular flexibility index (Phi) is 7.49. The summed E-state index contributed by atoms with van der Waals surface area (Å²) in [5.41, 5.74) is -0.812. The van der Waals surface area contributed by atoms with Gasteiger partial charge < -0.3 is 15.5 Å². The van der Waals surface area contributed by atoms with Crippen molar-refractivity contribution in [2.24, 2.45) is 10.9 Å². The summed E-state index contributed by atoms with van der Waals surface area (Å²) >= 11 is 1.04. The number of rotatable bonds is 6. The summed E-state index contributed by atoms with van der Waals surface area (Å²) in [5.74, 6) is 1.43. The Bertz CT molecular complexity index is 550. The fraction of sp³-hybridized carbons (Fsp3) is 0.750. The molecule has 9 heteroatoms. The van der Waals surface area contributed by atoms with E-state index in [4.69, 9.17) is 0 Å². The Morgan fingerprint density at radius 2 is 2.00 bits per heavy atom. The molecule has 2 rings (SSSR count). The van der Waals surface area contributed by atoms with Crippen molar-refractivity contribution in [3.05, 3.63) is 16.1 Å². The Hall–Kier alpha value is -1.35. The van der Waals surface area contributed by atoms with E-state index in [0.29, 0.717) is 23.9 Å². The van der Waals surface area contributed by atoms with Gasteiger partial charge in [0.1, 0.15) is 0 Å². The first-order valence-electron chi connectivity index (χ1n) is 8.53. The van der Waals surface area contributed by atoms with Gasteiger partial charge in [0.25, 0.3) is 0 Å². The van der Waals surface area contributed by atoms with Gasteiger partial charge in [0.05, 0.1) is 5.01 Å². The van der Waals surface area contributed by atoms with Crippen molar-refractivity contribution in [1.29, 1.82) is 0 Å². The van der Waals surface area contributed by atoms with Crippen LogP contribution in [-0.4, -0.2) is 56.1 Å². The molecule has 1 aromatic heterocycles. The molecular weight excluding hydrogens is 351 g/mol. The first-order valence-corrected chi connectivity index (χ1v) is 9.41. The number of nitrogens with zero attached hydrogens (tertiary/aromatic N) is 3. The van der Waals surface area contributed by atoms with Crippen molar-refractivity contribution in [2.75, 3.05) is 40.3 Å². The van der Waals surface area contributed by atoms with Crippen LogP contribution in [0.4, 0.5) is 13.2 Å². The SMILES string of the molecule is CN=C(NCCc1nc(C(F)(F)F)cs1)NCCC1CCN(C)CC1. The molecule has 0 bridgehead atoms. The van der Waals surface area contributed by atoms with E-state index >= 15 is 0 Å². The fourth-order valence-electron chi connectivity index (χ4n) is 2.81. The first-order chi connectivity index (χ1) is 11.9. The minimum atomic E-state index is -4.37. The first kappa shape index (κ1) is 20.0. The number of aliphatic imine (C=N–C) groups is 1. The molecule has 2 N–H and O–H groups in total. The van der Waals surface area contributed by atoms with Crippen LogP contribution in [0, 0.1) is 5.92 Å². The quantitative estimate of drug-likeness (QED) is 0.591. The van der Waals surface area contributed by atoms with Crippen LogP contribution in [0.25, 0.3) is 0 Å². The van der Waals surface area contributed by atoms with Crippen LogP contribution >= 0.6 is 11.3 Å². The maximum absolute atomic E-state index is 12.5. The largest absolute Gasteiger partial charge is 0.434 e. The molecule has 5 nitrogen and oxygen atoms in total. The molecule has 0 aliphatic carbocycles. The Morgan fingerprint density at radius 1 is 1.32 bits per heavy atom. The Labute approximate surface area is 150 Å². The summed E-state index contributed by atoms with van der Waals surface area (Å²) in [6.07, 6.45) is -0.355. The zero-order chi connectivity index (χ0) is 18.3. The van der Waals surface area contributed by atoms with Crippen molar-refractivity contribution in [3.63, 3.8) is 0 Å². The van der Waals surface area contributed by atoms with Gasteiger partial charge in [0.2, 0.25) is 0 Å². The molecule has 25 heavy (non-hydrogen) atoms. The van der Waals surface area contributed by atoms with Crippen LogP contribution in [0.15, 0.2) is 10.4 Å². The number of hydrogen-bond acceptors (Lipinski definition) is 4. The minimum Gasteiger partial charge on any atom is -0.356 e. The van der Waals surface area contributed by atoms with E-state index in [0.717, 1.165) is 48.7 Å². The lowest BCUT2D eigenvalue weighted by molar-refractivity contribution is -0.140. The molecule has 0 amide bonds. The molecule has 1 aliphatic heterocycles. The number of hydrogen-bond donors (Lipinski definition) is 2. The van der Waals surface area contributed by atoms with Crippen molar-refractivity contribution in [3.8, 4) is 0 Å². The smallest absolute Gasteiger partial charge is 0.356 e. The standard InChI is InChI=1S/C16H26F3N5S/c1-20-15(21-7-3-12-5-9-24(2)10-6-12)22-8-4-14-23-13(11-25-14)16(17,18)19/h11-12H,3-10H2,1-2H3,(H2,20,21,22). The zero-order valence-corrected chi connectivity index (χ0v) is 15.5. The van der Waals surface area contributed by atoms with Gasteiger partial charge in [-0.25, -0.2) is 4.98 Å². The van der Waals surface area contributed by atoms with E-state index in [2.05, 4.69) is 32.6 Å². The predicted octanol–water partition coefficient (Wildman–Crippen LogP) is 2.60. The molecule has 1 saturated heterocycles. The molecule has 0 radical (unpaired) electrons. The second kappa shape index (κ2) is 9.38. The number of alkyl halides is 3. The van der Waals surface area contributed by atoms with Crippen LogP contribution in [0.2, 0.25) is 0 Å². The number of aromatic nitrogens is 1. The summed E-state index contributed by atoms with van der Waals surface area (Å²) in [4.78, 5) is 10.1. The van der Waals surface area contributed by atoms with E-state index in [-0.39, 0.29) is 0 Å². The normalized spacial score (nSPS) is 17.7. The lowest BCUT2D eigenvalue weighted by Gasteiger charge is -2.29. The van der Waals surface area contributed by atoms with Crippen LogP contribution in [0.1, 0.15) is 30.0 Å². The number of nitrogens with one attached hydrogen (secondary N) is 2. The second-order valence-corrected chi connectivity index (χ2v) is 7.28. The van der Waals surface area contributed by atoms with Crippen molar-refractivity contribution in [2.45, 2.75) is 31.9 Å². The topological polar surface area (TPSA) is 52.6 Å². The summed E-state index contributed by atoms with van der Waals surface area (Å²) in [7, 11) is 3.84. The summed E-state index contributed by atoms with van der Waals surface area (Å²) in [5, 5.41) is 7.93. The third-order valence-corrected chi connectivity index (χ3v) is 5.29. The van der Waals surface area contributed by atoms with Gasteiger partial charge in [-0.1, -0.05) is 0 Å². The van der Waals surface area contributed by atoms with E-state index in [1.807, 2.05) is 0 Å². The van der Waals surface area contributed by atoms with Crippen LogP contribution in [-0.2, 0) is 12.6 Å². The predicted molar refractivity (Wildman–Crippen MR) is 95.0 cm³/mol. The third kappa shape index (κ3) is 6.81. The molecule has 0 saturated carbocycles. The van der Waals surface area contributed by atoms with Crippen LogP contribution in [0.5, 0.6) is 0 Å². The molecule has 0 aromatic carbocycles. The van der Waals surface area contributed by atoms with Crippen LogP contribution in [0.3, 0.4) is 0 Å². The average Bonchev–Trinajstić information content (AvgIpc) is 3.04. The fourth-order valence-corrected chi connectivity index (χ4v) is 3.61. The van der Waals surface area contributed by atoms with E-state index < -0.39 is 11.9 Å². The highest BCUT2D eigenvalue weighted by atomic mass is 32.1. The molecule has 2 heterocycles. The van der Waals surface area contributed by atoms with E-state index in [1.54, 1.807) is 7.05 Å². The second-order valence-electron chi connectivity index (χ2n) is 6.34. The third-order valence-electron chi connectivity index (χ3n) is 4.38. The van der Waals surface area contributed by atoms with E-state index in [1.165, 1.54) is 12.8 Å². The molecule has 1 aromatic rings. The molecule has 142 valence electrons. The number of likely N-dealkylation sites (tertiary alicyclic amines) is 1. The molecule has 1 aliphatic rings. The van der Waals surface area contributed by atoms with E-state index in [9.17, 15) is 13.2 Å². The lowest BCUT2D eigenvalue weighted by atomic mass is 9.94. The molecule has 1 fully saturated rings. The number of halogens is 3. The average molecular weight is 377 g/mol.